The van der Waals surface area contributed by atoms with Gasteiger partial charge in [-0.15, -0.1) is 0 Å². The normalized spacial score (nSPS) is 13.2. The van der Waals surface area contributed by atoms with Gasteiger partial charge in [-0.1, -0.05) is 0 Å². The van der Waals surface area contributed by atoms with Crippen molar-refractivity contribution in [2.75, 3.05) is 6.54 Å². The molecule has 0 aromatic carbocycles. The highest BCUT2D eigenvalue weighted by atomic mass is 16.4. The monoisotopic (exact) mass is 169 g/mol. The molecule has 0 saturated carbocycles. The third kappa shape index (κ3) is 2.36. The zero-order valence-electron chi connectivity index (χ0n) is 7.29. The lowest BCUT2D eigenvalue weighted by molar-refractivity contribution is 0.138. The maximum Gasteiger partial charge on any atom is 0.132 e. The first-order chi connectivity index (χ1) is 5.74. The SMILES string of the molecule is Cc1coc(C(O)CCCN)c1. The molecule has 0 fully saturated rings. The van der Waals surface area contributed by atoms with Gasteiger partial charge in [0.2, 0.25) is 0 Å². The Hall–Kier alpha value is -0.800. The average Bonchev–Trinajstić information content (AvgIpc) is 2.47. The molecule has 1 rings (SSSR count). The van der Waals surface area contributed by atoms with E-state index in [1.807, 2.05) is 13.0 Å². The summed E-state index contributed by atoms with van der Waals surface area (Å²) in [6.45, 7) is 2.54. The molecule has 0 amide bonds. The van der Waals surface area contributed by atoms with Crippen molar-refractivity contribution in [1.82, 2.24) is 0 Å². The summed E-state index contributed by atoms with van der Waals surface area (Å²) in [4.78, 5) is 0. The van der Waals surface area contributed by atoms with Crippen molar-refractivity contribution >= 4 is 0 Å². The van der Waals surface area contributed by atoms with Crippen LogP contribution in [0, 0.1) is 6.92 Å². The van der Waals surface area contributed by atoms with E-state index in [1.165, 1.54) is 0 Å². The van der Waals surface area contributed by atoms with E-state index >= 15 is 0 Å². The van der Waals surface area contributed by atoms with Gasteiger partial charge in [0.05, 0.1) is 6.26 Å². The predicted molar refractivity (Wildman–Crippen MR) is 46.7 cm³/mol. The Kier molecular flexibility index (Phi) is 3.31. The van der Waals surface area contributed by atoms with Gasteiger partial charge in [-0.05, 0) is 37.9 Å². The van der Waals surface area contributed by atoms with Crippen LogP contribution in [0.15, 0.2) is 16.7 Å². The van der Waals surface area contributed by atoms with E-state index in [4.69, 9.17) is 10.2 Å². The molecule has 1 aromatic rings. The fraction of sp³-hybridized carbons (Fsp3) is 0.556. The molecule has 0 saturated heterocycles. The largest absolute Gasteiger partial charge is 0.466 e. The molecule has 12 heavy (non-hydrogen) atoms. The minimum absolute atomic E-state index is 0.498. The lowest BCUT2D eigenvalue weighted by Crippen LogP contribution is -2.02. The van der Waals surface area contributed by atoms with Gasteiger partial charge >= 0.3 is 0 Å². The highest BCUT2D eigenvalue weighted by molar-refractivity contribution is 5.12. The van der Waals surface area contributed by atoms with Gasteiger partial charge in [0, 0.05) is 0 Å². The highest BCUT2D eigenvalue weighted by Gasteiger charge is 2.09. The molecule has 3 heteroatoms. The molecule has 0 radical (unpaired) electrons. The summed E-state index contributed by atoms with van der Waals surface area (Å²) < 4.78 is 5.13. The topological polar surface area (TPSA) is 59.4 Å². The molecule has 0 aliphatic heterocycles. The Labute approximate surface area is 72.2 Å². The number of hydrogen-bond donors (Lipinski definition) is 2. The molecule has 68 valence electrons. The van der Waals surface area contributed by atoms with Crippen molar-refractivity contribution in [1.29, 1.82) is 0 Å². The van der Waals surface area contributed by atoms with E-state index in [0.29, 0.717) is 18.7 Å². The van der Waals surface area contributed by atoms with Gasteiger partial charge in [-0.2, -0.15) is 0 Å². The lowest BCUT2D eigenvalue weighted by Gasteiger charge is -2.04. The van der Waals surface area contributed by atoms with Crippen LogP contribution in [-0.4, -0.2) is 11.7 Å². The van der Waals surface area contributed by atoms with Crippen LogP contribution < -0.4 is 5.73 Å². The highest BCUT2D eigenvalue weighted by Crippen LogP contribution is 2.19. The van der Waals surface area contributed by atoms with Crippen LogP contribution in [0.3, 0.4) is 0 Å². The summed E-state index contributed by atoms with van der Waals surface area (Å²) in [6, 6.07) is 1.85. The minimum atomic E-state index is -0.498. The summed E-state index contributed by atoms with van der Waals surface area (Å²) in [5.41, 5.74) is 6.36. The van der Waals surface area contributed by atoms with E-state index < -0.39 is 6.10 Å². The summed E-state index contributed by atoms with van der Waals surface area (Å²) in [5, 5.41) is 9.52. The first-order valence-electron chi connectivity index (χ1n) is 4.17. The Morgan fingerprint density at radius 1 is 1.67 bits per heavy atom. The van der Waals surface area contributed by atoms with Gasteiger partial charge in [0.25, 0.3) is 0 Å². The molecule has 0 aliphatic rings. The van der Waals surface area contributed by atoms with Crippen LogP contribution in [0.4, 0.5) is 0 Å². The zero-order chi connectivity index (χ0) is 8.97. The molecule has 1 aromatic heterocycles. The summed E-state index contributed by atoms with van der Waals surface area (Å²) in [7, 11) is 0. The molecule has 0 aliphatic carbocycles. The van der Waals surface area contributed by atoms with Crippen molar-refractivity contribution in [3.05, 3.63) is 23.7 Å². The van der Waals surface area contributed by atoms with Crippen molar-refractivity contribution < 1.29 is 9.52 Å². The van der Waals surface area contributed by atoms with Gasteiger partial charge in [0.15, 0.2) is 0 Å². The predicted octanol–water partition coefficient (Wildman–Crippen LogP) is 1.36. The van der Waals surface area contributed by atoms with E-state index in [2.05, 4.69) is 0 Å². The number of rotatable bonds is 4. The molecule has 1 atom stereocenters. The molecular formula is C9H15NO2. The Bertz CT molecular complexity index is 232. The molecule has 3 nitrogen and oxygen atoms in total. The zero-order valence-corrected chi connectivity index (χ0v) is 7.29. The second-order valence-electron chi connectivity index (χ2n) is 2.97. The minimum Gasteiger partial charge on any atom is -0.466 e. The number of aliphatic hydroxyl groups excluding tert-OH is 1. The fourth-order valence-corrected chi connectivity index (χ4v) is 1.08. The first-order valence-corrected chi connectivity index (χ1v) is 4.17. The Morgan fingerprint density at radius 3 is 2.92 bits per heavy atom. The van der Waals surface area contributed by atoms with Crippen LogP contribution >= 0.6 is 0 Å². The molecule has 0 bridgehead atoms. The van der Waals surface area contributed by atoms with Crippen LogP contribution in [-0.2, 0) is 0 Å². The van der Waals surface area contributed by atoms with E-state index in [0.717, 1.165) is 12.0 Å². The summed E-state index contributed by atoms with van der Waals surface area (Å²) >= 11 is 0. The number of aryl methyl sites for hydroxylation is 1. The van der Waals surface area contributed by atoms with E-state index in [9.17, 15) is 5.11 Å². The quantitative estimate of drug-likeness (QED) is 0.715. The van der Waals surface area contributed by atoms with Gasteiger partial charge < -0.3 is 15.3 Å². The van der Waals surface area contributed by atoms with Crippen LogP contribution in [0.1, 0.15) is 30.3 Å². The van der Waals surface area contributed by atoms with Crippen molar-refractivity contribution in [3.8, 4) is 0 Å². The summed E-state index contributed by atoms with van der Waals surface area (Å²) in [6.07, 6.45) is 2.63. The standard InChI is InChI=1S/C9H15NO2/c1-7-5-9(12-6-7)8(11)3-2-4-10/h5-6,8,11H,2-4,10H2,1H3. The molecule has 1 heterocycles. The summed E-state index contributed by atoms with van der Waals surface area (Å²) in [5.74, 6) is 0.640. The number of aliphatic hydroxyl groups is 1. The third-order valence-electron chi connectivity index (χ3n) is 1.76. The number of furan rings is 1. The lowest BCUT2D eigenvalue weighted by atomic mass is 10.1. The maximum atomic E-state index is 9.52. The second kappa shape index (κ2) is 4.28. The van der Waals surface area contributed by atoms with Crippen molar-refractivity contribution in [2.45, 2.75) is 25.9 Å². The van der Waals surface area contributed by atoms with Crippen molar-refractivity contribution in [2.24, 2.45) is 5.73 Å². The van der Waals surface area contributed by atoms with E-state index in [1.54, 1.807) is 6.26 Å². The second-order valence-corrected chi connectivity index (χ2v) is 2.97. The Balaban J connectivity index is 2.47. The van der Waals surface area contributed by atoms with Gasteiger partial charge in [-0.25, -0.2) is 0 Å². The maximum absolute atomic E-state index is 9.52. The average molecular weight is 169 g/mol. The molecular weight excluding hydrogens is 154 g/mol. The smallest absolute Gasteiger partial charge is 0.132 e. The van der Waals surface area contributed by atoms with Crippen LogP contribution in [0.2, 0.25) is 0 Å². The van der Waals surface area contributed by atoms with Gasteiger partial charge in [0.1, 0.15) is 11.9 Å². The number of nitrogens with two attached hydrogens (primary N) is 1. The molecule has 3 N–H and O–H groups in total. The Morgan fingerprint density at radius 2 is 2.42 bits per heavy atom. The van der Waals surface area contributed by atoms with Crippen LogP contribution in [0.25, 0.3) is 0 Å². The van der Waals surface area contributed by atoms with Crippen LogP contribution in [0.5, 0.6) is 0 Å². The van der Waals surface area contributed by atoms with Gasteiger partial charge in [-0.3, -0.25) is 0 Å². The molecule has 0 spiro atoms. The first kappa shape index (κ1) is 9.29. The van der Waals surface area contributed by atoms with Crippen molar-refractivity contribution in [3.63, 3.8) is 0 Å². The molecule has 1 unspecified atom stereocenters. The third-order valence-corrected chi connectivity index (χ3v) is 1.76. The number of hydrogen-bond acceptors (Lipinski definition) is 3. The fourth-order valence-electron chi connectivity index (χ4n) is 1.08. The van der Waals surface area contributed by atoms with E-state index in [-0.39, 0.29) is 0 Å².